The average molecular weight is 203 g/mol. The zero-order chi connectivity index (χ0) is 8.97. The van der Waals surface area contributed by atoms with E-state index in [9.17, 15) is 4.79 Å². The minimum absolute atomic E-state index is 0.00824. The molecule has 1 atom stereocenters. The summed E-state index contributed by atoms with van der Waals surface area (Å²) >= 11 is 7.69. The predicted octanol–water partition coefficient (Wildman–Crippen LogP) is 3.40. The molecule has 0 amide bonds. The van der Waals surface area contributed by atoms with Crippen molar-refractivity contribution in [1.29, 1.82) is 0 Å². The Balaban J connectivity index is 2.39. The zero-order valence-corrected chi connectivity index (χ0v) is 8.49. The molecule has 0 spiro atoms. The molecule has 0 saturated heterocycles. The molecule has 0 bridgehead atoms. The smallest absolute Gasteiger partial charge is 0.129 e. The number of halogens is 1. The molecular weight excluding hydrogens is 192 g/mol. The first-order chi connectivity index (χ1) is 5.70. The van der Waals surface area contributed by atoms with Crippen molar-refractivity contribution in [3.63, 3.8) is 0 Å². The summed E-state index contributed by atoms with van der Waals surface area (Å²) in [6.07, 6.45) is 1.32. The summed E-state index contributed by atoms with van der Waals surface area (Å²) in [5.74, 6) is 0.206. The summed E-state index contributed by atoms with van der Waals surface area (Å²) in [6.45, 7) is 1.60. The van der Waals surface area contributed by atoms with Crippen LogP contribution in [0, 0.1) is 0 Å². The number of hydrogen-bond donors (Lipinski definition) is 0. The minimum Gasteiger partial charge on any atom is -0.300 e. The Morgan fingerprint density at radius 1 is 1.75 bits per heavy atom. The Bertz CT molecular complexity index is 243. The van der Waals surface area contributed by atoms with Crippen LogP contribution in [0.5, 0.6) is 0 Å². The molecule has 1 nitrogen and oxygen atoms in total. The lowest BCUT2D eigenvalue weighted by Gasteiger charge is -2.03. The highest BCUT2D eigenvalue weighted by Gasteiger charge is 2.09. The third kappa shape index (κ3) is 2.95. The SMILES string of the molecule is CC(=O)CCC(Cl)c1cccs1. The van der Waals surface area contributed by atoms with Gasteiger partial charge in [-0.05, 0) is 24.8 Å². The Kier molecular flexibility index (Phi) is 3.76. The van der Waals surface area contributed by atoms with Gasteiger partial charge in [-0.2, -0.15) is 0 Å². The lowest BCUT2D eigenvalue weighted by atomic mass is 10.1. The van der Waals surface area contributed by atoms with E-state index < -0.39 is 0 Å². The van der Waals surface area contributed by atoms with Gasteiger partial charge in [-0.25, -0.2) is 0 Å². The van der Waals surface area contributed by atoms with Crippen LogP contribution in [0.25, 0.3) is 0 Å². The Labute approximate surface area is 81.4 Å². The van der Waals surface area contributed by atoms with Gasteiger partial charge in [0.15, 0.2) is 0 Å². The van der Waals surface area contributed by atoms with Crippen molar-refractivity contribution >= 4 is 28.7 Å². The highest BCUT2D eigenvalue weighted by Crippen LogP contribution is 2.28. The summed E-state index contributed by atoms with van der Waals surface area (Å²) in [5, 5.41) is 2.01. The second-order valence-corrected chi connectivity index (χ2v) is 4.23. The summed E-state index contributed by atoms with van der Waals surface area (Å²) in [4.78, 5) is 11.8. The first-order valence-corrected chi connectivity index (χ1v) is 5.18. The molecule has 0 aliphatic carbocycles. The molecule has 0 fully saturated rings. The van der Waals surface area contributed by atoms with Crippen molar-refractivity contribution in [2.45, 2.75) is 25.1 Å². The highest BCUT2D eigenvalue weighted by molar-refractivity contribution is 7.10. The van der Waals surface area contributed by atoms with E-state index in [1.807, 2.05) is 17.5 Å². The molecule has 0 radical (unpaired) electrons. The average Bonchev–Trinajstić information content (AvgIpc) is 2.51. The molecule has 12 heavy (non-hydrogen) atoms. The summed E-state index contributed by atoms with van der Waals surface area (Å²) in [5.41, 5.74) is 0. The normalized spacial score (nSPS) is 12.8. The van der Waals surface area contributed by atoms with Crippen LogP contribution in [0.4, 0.5) is 0 Å². The number of thiophene rings is 1. The van der Waals surface area contributed by atoms with Crippen LogP contribution < -0.4 is 0 Å². The van der Waals surface area contributed by atoms with Crippen LogP contribution in [-0.2, 0) is 4.79 Å². The summed E-state index contributed by atoms with van der Waals surface area (Å²) < 4.78 is 0. The zero-order valence-electron chi connectivity index (χ0n) is 6.92. The number of Topliss-reactive ketones (excluding diaryl/α,β-unsaturated/α-hetero) is 1. The number of rotatable bonds is 4. The van der Waals surface area contributed by atoms with E-state index in [-0.39, 0.29) is 11.2 Å². The van der Waals surface area contributed by atoms with Crippen LogP contribution in [-0.4, -0.2) is 5.78 Å². The number of carbonyl (C=O) groups excluding carboxylic acids is 1. The predicted molar refractivity (Wildman–Crippen MR) is 52.8 cm³/mol. The summed E-state index contributed by atoms with van der Waals surface area (Å²) in [6, 6.07) is 3.98. The fourth-order valence-electron chi connectivity index (χ4n) is 0.942. The van der Waals surface area contributed by atoms with Gasteiger partial charge in [-0.1, -0.05) is 6.07 Å². The molecule has 0 aliphatic heterocycles. The Hall–Kier alpha value is -0.340. The molecule has 3 heteroatoms. The number of carbonyl (C=O) groups is 1. The molecule has 1 unspecified atom stereocenters. The van der Waals surface area contributed by atoms with Crippen molar-refractivity contribution in [3.05, 3.63) is 22.4 Å². The molecule has 1 heterocycles. The molecule has 66 valence electrons. The maximum atomic E-state index is 10.7. The lowest BCUT2D eigenvalue weighted by Crippen LogP contribution is -1.93. The van der Waals surface area contributed by atoms with Crippen molar-refractivity contribution < 1.29 is 4.79 Å². The summed E-state index contributed by atoms with van der Waals surface area (Å²) in [7, 11) is 0. The first kappa shape index (κ1) is 9.75. The highest BCUT2D eigenvalue weighted by atomic mass is 35.5. The van der Waals surface area contributed by atoms with Crippen LogP contribution >= 0.6 is 22.9 Å². The van der Waals surface area contributed by atoms with Crippen molar-refractivity contribution in [1.82, 2.24) is 0 Å². The van der Waals surface area contributed by atoms with Gasteiger partial charge in [-0.3, -0.25) is 0 Å². The monoisotopic (exact) mass is 202 g/mol. The second kappa shape index (κ2) is 4.63. The van der Waals surface area contributed by atoms with Gasteiger partial charge >= 0.3 is 0 Å². The van der Waals surface area contributed by atoms with E-state index in [1.165, 1.54) is 0 Å². The second-order valence-electron chi connectivity index (χ2n) is 2.72. The number of alkyl halides is 1. The van der Waals surface area contributed by atoms with E-state index in [0.717, 1.165) is 11.3 Å². The topological polar surface area (TPSA) is 17.1 Å². The Morgan fingerprint density at radius 2 is 2.50 bits per heavy atom. The largest absolute Gasteiger partial charge is 0.300 e. The van der Waals surface area contributed by atoms with Crippen molar-refractivity contribution in [2.75, 3.05) is 0 Å². The maximum Gasteiger partial charge on any atom is 0.129 e. The van der Waals surface area contributed by atoms with Gasteiger partial charge in [0.05, 0.1) is 5.38 Å². The molecule has 0 saturated carbocycles. The van der Waals surface area contributed by atoms with Crippen molar-refractivity contribution in [2.24, 2.45) is 0 Å². The lowest BCUT2D eigenvalue weighted by molar-refractivity contribution is -0.117. The molecule has 0 N–H and O–H groups in total. The van der Waals surface area contributed by atoms with Gasteiger partial charge in [-0.15, -0.1) is 22.9 Å². The van der Waals surface area contributed by atoms with Gasteiger partial charge in [0.1, 0.15) is 5.78 Å². The Morgan fingerprint density at radius 3 is 3.00 bits per heavy atom. The van der Waals surface area contributed by atoms with Crippen LogP contribution in [0.15, 0.2) is 17.5 Å². The van der Waals surface area contributed by atoms with Crippen molar-refractivity contribution in [3.8, 4) is 0 Å². The van der Waals surface area contributed by atoms with E-state index in [2.05, 4.69) is 0 Å². The van der Waals surface area contributed by atoms with Gasteiger partial charge in [0.25, 0.3) is 0 Å². The maximum absolute atomic E-state index is 10.7. The first-order valence-electron chi connectivity index (χ1n) is 3.87. The molecule has 0 aliphatic rings. The standard InChI is InChI=1S/C9H11ClOS/c1-7(11)4-5-8(10)9-3-2-6-12-9/h2-3,6,8H,4-5H2,1H3. The molecule has 0 aromatic carbocycles. The minimum atomic E-state index is 0.00824. The molecular formula is C9H11ClOS. The molecule has 1 aromatic heterocycles. The number of ketones is 1. The number of hydrogen-bond acceptors (Lipinski definition) is 2. The third-order valence-corrected chi connectivity index (χ3v) is 3.17. The van der Waals surface area contributed by atoms with E-state index in [0.29, 0.717) is 6.42 Å². The van der Waals surface area contributed by atoms with E-state index in [4.69, 9.17) is 11.6 Å². The van der Waals surface area contributed by atoms with E-state index in [1.54, 1.807) is 18.3 Å². The van der Waals surface area contributed by atoms with Gasteiger partial charge in [0.2, 0.25) is 0 Å². The van der Waals surface area contributed by atoms with Crippen LogP contribution in [0.3, 0.4) is 0 Å². The van der Waals surface area contributed by atoms with Gasteiger partial charge < -0.3 is 4.79 Å². The third-order valence-electron chi connectivity index (χ3n) is 1.60. The van der Waals surface area contributed by atoms with Crippen LogP contribution in [0.1, 0.15) is 30.0 Å². The van der Waals surface area contributed by atoms with Crippen LogP contribution in [0.2, 0.25) is 0 Å². The fraction of sp³-hybridized carbons (Fsp3) is 0.444. The fourth-order valence-corrected chi connectivity index (χ4v) is 2.01. The van der Waals surface area contributed by atoms with E-state index >= 15 is 0 Å². The molecule has 1 rings (SSSR count). The molecule has 1 aromatic rings. The van der Waals surface area contributed by atoms with Gasteiger partial charge in [0, 0.05) is 11.3 Å². The quantitative estimate of drug-likeness (QED) is 0.684.